The first-order chi connectivity index (χ1) is 5.98. The zero-order valence-electron chi connectivity index (χ0n) is 9.09. The number of rotatable bonds is 1. The average molecular weight is 182 g/mol. The van der Waals surface area contributed by atoms with Crippen molar-refractivity contribution in [3.05, 3.63) is 0 Å². The maximum atomic E-state index is 10.2. The zero-order valence-corrected chi connectivity index (χ0v) is 9.09. The Morgan fingerprint density at radius 2 is 1.85 bits per heavy atom. The summed E-state index contributed by atoms with van der Waals surface area (Å²) in [4.78, 5) is 0. The zero-order chi connectivity index (χ0) is 9.64. The Kier molecular flexibility index (Phi) is 2.18. The van der Waals surface area contributed by atoms with Crippen LogP contribution in [0.1, 0.15) is 46.5 Å². The van der Waals surface area contributed by atoms with Crippen molar-refractivity contribution in [1.29, 1.82) is 0 Å². The molecular weight excluding hydrogens is 160 g/mol. The van der Waals surface area contributed by atoms with Gasteiger partial charge < -0.3 is 5.11 Å². The molecule has 2 fully saturated rings. The molecule has 76 valence electrons. The van der Waals surface area contributed by atoms with E-state index in [9.17, 15) is 5.11 Å². The van der Waals surface area contributed by atoms with Crippen LogP contribution in [-0.2, 0) is 0 Å². The van der Waals surface area contributed by atoms with Gasteiger partial charge in [-0.3, -0.25) is 0 Å². The molecule has 4 atom stereocenters. The van der Waals surface area contributed by atoms with Gasteiger partial charge in [0.2, 0.25) is 0 Å². The molecule has 0 aromatic rings. The van der Waals surface area contributed by atoms with Crippen molar-refractivity contribution in [1.82, 2.24) is 0 Å². The fraction of sp³-hybridized carbons (Fsp3) is 1.00. The lowest BCUT2D eigenvalue weighted by molar-refractivity contribution is -0.00913. The van der Waals surface area contributed by atoms with Gasteiger partial charge in [0.25, 0.3) is 0 Å². The van der Waals surface area contributed by atoms with Crippen molar-refractivity contribution in [2.24, 2.45) is 23.2 Å². The summed E-state index contributed by atoms with van der Waals surface area (Å²) >= 11 is 0. The number of hydrogen-bond donors (Lipinski definition) is 1. The van der Waals surface area contributed by atoms with Crippen molar-refractivity contribution in [2.45, 2.75) is 52.6 Å². The van der Waals surface area contributed by atoms with E-state index in [0.29, 0.717) is 5.92 Å². The summed E-state index contributed by atoms with van der Waals surface area (Å²) in [7, 11) is 0. The summed E-state index contributed by atoms with van der Waals surface area (Å²) in [5, 5.41) is 10.2. The summed E-state index contributed by atoms with van der Waals surface area (Å²) < 4.78 is 0. The van der Waals surface area contributed by atoms with Crippen LogP contribution in [0.5, 0.6) is 0 Å². The fourth-order valence-electron chi connectivity index (χ4n) is 3.32. The van der Waals surface area contributed by atoms with E-state index in [1.165, 1.54) is 25.7 Å². The second-order valence-corrected chi connectivity index (χ2v) is 6.15. The van der Waals surface area contributed by atoms with Crippen LogP contribution < -0.4 is 0 Å². The first kappa shape index (κ1) is 9.51. The third-order valence-corrected chi connectivity index (χ3v) is 4.09. The van der Waals surface area contributed by atoms with E-state index in [-0.39, 0.29) is 11.5 Å². The Morgan fingerprint density at radius 3 is 2.23 bits per heavy atom. The fourth-order valence-corrected chi connectivity index (χ4v) is 3.32. The molecule has 0 radical (unpaired) electrons. The predicted octanol–water partition coefficient (Wildman–Crippen LogP) is 2.83. The van der Waals surface area contributed by atoms with Crippen molar-refractivity contribution in [2.75, 3.05) is 0 Å². The van der Waals surface area contributed by atoms with Gasteiger partial charge >= 0.3 is 0 Å². The molecule has 13 heavy (non-hydrogen) atoms. The van der Waals surface area contributed by atoms with Crippen molar-refractivity contribution >= 4 is 0 Å². The topological polar surface area (TPSA) is 20.2 Å². The smallest absolute Gasteiger partial charge is 0.0619 e. The van der Waals surface area contributed by atoms with Gasteiger partial charge in [-0.25, -0.2) is 0 Å². The quantitative estimate of drug-likeness (QED) is 0.661. The van der Waals surface area contributed by atoms with Crippen LogP contribution in [0.3, 0.4) is 0 Å². The molecule has 2 saturated carbocycles. The highest BCUT2D eigenvalue weighted by Crippen LogP contribution is 2.51. The second-order valence-electron chi connectivity index (χ2n) is 6.15. The van der Waals surface area contributed by atoms with Gasteiger partial charge in [0.05, 0.1) is 6.10 Å². The molecule has 2 bridgehead atoms. The summed E-state index contributed by atoms with van der Waals surface area (Å²) in [6, 6.07) is 0. The highest BCUT2D eigenvalue weighted by molar-refractivity contribution is 4.95. The molecule has 4 unspecified atom stereocenters. The van der Waals surface area contributed by atoms with Gasteiger partial charge in [-0.2, -0.15) is 0 Å². The predicted molar refractivity (Wildman–Crippen MR) is 54.4 cm³/mol. The second kappa shape index (κ2) is 2.98. The van der Waals surface area contributed by atoms with Crippen LogP contribution >= 0.6 is 0 Å². The molecule has 1 heteroatoms. The summed E-state index contributed by atoms with van der Waals surface area (Å²) in [6.45, 7) is 6.47. The largest absolute Gasteiger partial charge is 0.392 e. The number of aliphatic hydroxyl groups excluding tert-OH is 1. The molecule has 1 N–H and O–H groups in total. The molecule has 0 aromatic heterocycles. The van der Waals surface area contributed by atoms with E-state index in [4.69, 9.17) is 0 Å². The maximum absolute atomic E-state index is 10.2. The monoisotopic (exact) mass is 182 g/mol. The number of hydrogen-bond acceptors (Lipinski definition) is 1. The van der Waals surface area contributed by atoms with Crippen LogP contribution in [0.4, 0.5) is 0 Å². The van der Waals surface area contributed by atoms with Gasteiger partial charge in [0.1, 0.15) is 0 Å². The van der Waals surface area contributed by atoms with Gasteiger partial charge in [-0.1, -0.05) is 27.2 Å². The van der Waals surface area contributed by atoms with Crippen LogP contribution in [0.2, 0.25) is 0 Å². The number of fused-ring (bicyclic) bond motifs is 2. The molecule has 2 aliphatic carbocycles. The average Bonchev–Trinajstić information content (AvgIpc) is 2.60. The highest BCUT2D eigenvalue weighted by atomic mass is 16.3. The van der Waals surface area contributed by atoms with Crippen LogP contribution in [0.15, 0.2) is 0 Å². The van der Waals surface area contributed by atoms with Gasteiger partial charge in [-0.05, 0) is 42.4 Å². The molecule has 0 amide bonds. The van der Waals surface area contributed by atoms with Gasteiger partial charge in [0, 0.05) is 0 Å². The Hall–Kier alpha value is -0.0400. The lowest BCUT2D eigenvalue weighted by Crippen LogP contribution is -2.36. The minimum atomic E-state index is -0.0807. The Morgan fingerprint density at radius 1 is 1.15 bits per heavy atom. The SMILES string of the molecule is CC(C)(C)C(O)C1CC2CCC1C2. The summed E-state index contributed by atoms with van der Waals surface area (Å²) in [6.07, 6.45) is 5.42. The van der Waals surface area contributed by atoms with E-state index >= 15 is 0 Å². The van der Waals surface area contributed by atoms with E-state index < -0.39 is 0 Å². The lowest BCUT2D eigenvalue weighted by Gasteiger charge is -2.35. The molecule has 2 rings (SSSR count). The van der Waals surface area contributed by atoms with E-state index in [0.717, 1.165) is 11.8 Å². The third kappa shape index (κ3) is 1.63. The molecule has 0 saturated heterocycles. The first-order valence-corrected chi connectivity index (χ1v) is 5.66. The molecule has 0 aliphatic heterocycles. The van der Waals surface area contributed by atoms with Gasteiger partial charge in [0.15, 0.2) is 0 Å². The molecule has 2 aliphatic rings. The molecular formula is C12H22O. The van der Waals surface area contributed by atoms with E-state index in [1.54, 1.807) is 0 Å². The minimum absolute atomic E-state index is 0.0785. The van der Waals surface area contributed by atoms with Crippen molar-refractivity contribution < 1.29 is 5.11 Å². The van der Waals surface area contributed by atoms with Crippen molar-refractivity contribution in [3.8, 4) is 0 Å². The van der Waals surface area contributed by atoms with Crippen LogP contribution in [0, 0.1) is 23.2 Å². The van der Waals surface area contributed by atoms with Crippen molar-refractivity contribution in [3.63, 3.8) is 0 Å². The minimum Gasteiger partial charge on any atom is -0.392 e. The highest BCUT2D eigenvalue weighted by Gasteiger charge is 2.45. The standard InChI is InChI=1S/C12H22O/c1-12(2,3)11(13)10-7-8-4-5-9(10)6-8/h8-11,13H,4-7H2,1-3H3. The Labute approximate surface area is 81.5 Å². The number of aliphatic hydroxyl groups is 1. The van der Waals surface area contributed by atoms with E-state index in [2.05, 4.69) is 20.8 Å². The summed E-state index contributed by atoms with van der Waals surface area (Å²) in [5.74, 6) is 2.41. The van der Waals surface area contributed by atoms with E-state index in [1.807, 2.05) is 0 Å². The lowest BCUT2D eigenvalue weighted by atomic mass is 9.74. The first-order valence-electron chi connectivity index (χ1n) is 5.66. The Balaban J connectivity index is 2.02. The summed E-state index contributed by atoms with van der Waals surface area (Å²) in [5.41, 5.74) is 0.0785. The maximum Gasteiger partial charge on any atom is 0.0619 e. The molecule has 0 spiro atoms. The normalized spacial score (nSPS) is 41.1. The molecule has 0 heterocycles. The van der Waals surface area contributed by atoms with Gasteiger partial charge in [-0.15, -0.1) is 0 Å². The molecule has 0 aromatic carbocycles. The molecule has 1 nitrogen and oxygen atoms in total. The van der Waals surface area contributed by atoms with Crippen LogP contribution in [0.25, 0.3) is 0 Å². The third-order valence-electron chi connectivity index (χ3n) is 4.09. The Bertz CT molecular complexity index is 192. The van der Waals surface area contributed by atoms with Crippen LogP contribution in [-0.4, -0.2) is 11.2 Å².